The number of rotatable bonds is 6. The fourth-order valence-corrected chi connectivity index (χ4v) is 1.86. The van der Waals surface area contributed by atoms with Gasteiger partial charge >= 0.3 is 0 Å². The Morgan fingerprint density at radius 1 is 1.40 bits per heavy atom. The number of anilines is 1. The smallest absolute Gasteiger partial charge is 0.216 e. The van der Waals surface area contributed by atoms with Gasteiger partial charge in [0, 0.05) is 30.9 Å². The number of nitrogens with zero attached hydrogens (tertiary/aromatic N) is 4. The molecule has 2 aromatic rings. The van der Waals surface area contributed by atoms with E-state index in [-0.39, 0.29) is 25.0 Å². The van der Waals surface area contributed by atoms with E-state index in [2.05, 4.69) is 15.5 Å². The molecule has 8 heteroatoms. The minimum Gasteiger partial charge on any atom is -0.394 e. The van der Waals surface area contributed by atoms with Gasteiger partial charge in [-0.3, -0.25) is 4.68 Å². The number of aromatic nitrogens is 4. The third-order valence-corrected chi connectivity index (χ3v) is 2.90. The van der Waals surface area contributed by atoms with E-state index in [1.807, 2.05) is 6.92 Å². The lowest BCUT2D eigenvalue weighted by molar-refractivity contribution is 0.269. The van der Waals surface area contributed by atoms with Gasteiger partial charge in [-0.25, -0.2) is 4.68 Å². The molecule has 0 atom stereocenters. The highest BCUT2D eigenvalue weighted by Crippen LogP contribution is 2.14. The van der Waals surface area contributed by atoms with Crippen LogP contribution in [0.25, 0.3) is 0 Å². The van der Waals surface area contributed by atoms with Gasteiger partial charge in [0.1, 0.15) is 5.82 Å². The molecule has 20 heavy (non-hydrogen) atoms. The summed E-state index contributed by atoms with van der Waals surface area (Å²) in [7, 11) is 0. The van der Waals surface area contributed by atoms with Crippen LogP contribution in [-0.2, 0) is 19.6 Å². The second-order valence-corrected chi connectivity index (χ2v) is 4.21. The first kappa shape index (κ1) is 16.5. The Balaban J connectivity index is 0.00000200. The topological polar surface area (TPSA) is 67.9 Å². The van der Waals surface area contributed by atoms with Gasteiger partial charge in [-0.05, 0) is 13.8 Å². The first-order valence-corrected chi connectivity index (χ1v) is 6.25. The molecule has 0 aromatic carbocycles. The summed E-state index contributed by atoms with van der Waals surface area (Å²) in [6, 6.07) is 1.78. The van der Waals surface area contributed by atoms with E-state index in [9.17, 15) is 4.39 Å². The average molecular weight is 304 g/mol. The van der Waals surface area contributed by atoms with Crippen molar-refractivity contribution in [3.8, 4) is 0 Å². The Labute approximate surface area is 123 Å². The fourth-order valence-electron chi connectivity index (χ4n) is 1.86. The fraction of sp³-hybridized carbons (Fsp3) is 0.500. The third kappa shape index (κ3) is 3.49. The minimum absolute atomic E-state index is 0. The zero-order valence-corrected chi connectivity index (χ0v) is 12.3. The van der Waals surface area contributed by atoms with Crippen LogP contribution in [0.3, 0.4) is 0 Å². The van der Waals surface area contributed by atoms with Crippen LogP contribution in [0.5, 0.6) is 0 Å². The number of aliphatic hydroxyl groups is 1. The van der Waals surface area contributed by atoms with Crippen LogP contribution >= 0.6 is 12.4 Å². The van der Waals surface area contributed by atoms with Gasteiger partial charge in [-0.15, -0.1) is 12.4 Å². The summed E-state index contributed by atoms with van der Waals surface area (Å²) in [5, 5.41) is 20.2. The van der Waals surface area contributed by atoms with Crippen molar-refractivity contribution in [2.24, 2.45) is 0 Å². The van der Waals surface area contributed by atoms with Crippen molar-refractivity contribution < 1.29 is 9.50 Å². The van der Waals surface area contributed by atoms with Crippen molar-refractivity contribution in [2.45, 2.75) is 33.5 Å². The third-order valence-electron chi connectivity index (χ3n) is 2.90. The van der Waals surface area contributed by atoms with E-state index < -0.39 is 0 Å². The summed E-state index contributed by atoms with van der Waals surface area (Å²) in [5.74, 6) is 0.346. The Hall–Kier alpha value is -1.60. The zero-order valence-electron chi connectivity index (χ0n) is 11.5. The number of aliphatic hydroxyl groups excluding tert-OH is 1. The Morgan fingerprint density at radius 2 is 2.15 bits per heavy atom. The molecule has 0 fully saturated rings. The lowest BCUT2D eigenvalue weighted by atomic mass is 10.2. The van der Waals surface area contributed by atoms with Crippen LogP contribution in [-0.4, -0.2) is 31.3 Å². The lowest BCUT2D eigenvalue weighted by Crippen LogP contribution is -2.06. The predicted octanol–water partition coefficient (Wildman–Crippen LogP) is 1.57. The zero-order chi connectivity index (χ0) is 13.8. The maximum atomic E-state index is 13.9. The van der Waals surface area contributed by atoms with Gasteiger partial charge in [0.2, 0.25) is 5.95 Å². The van der Waals surface area contributed by atoms with E-state index in [0.717, 1.165) is 0 Å². The van der Waals surface area contributed by atoms with Crippen molar-refractivity contribution in [3.05, 3.63) is 29.5 Å². The van der Waals surface area contributed by atoms with Gasteiger partial charge in [-0.1, -0.05) is 0 Å². The van der Waals surface area contributed by atoms with Crippen molar-refractivity contribution in [2.75, 3.05) is 11.9 Å². The SMILES string of the molecule is CCn1nc(C)c(CNc2ccn(CCO)n2)c1F.Cl. The van der Waals surface area contributed by atoms with Gasteiger partial charge in [0.25, 0.3) is 0 Å². The van der Waals surface area contributed by atoms with Crippen molar-refractivity contribution >= 4 is 18.2 Å². The summed E-state index contributed by atoms with van der Waals surface area (Å²) in [4.78, 5) is 0. The largest absolute Gasteiger partial charge is 0.394 e. The first-order valence-electron chi connectivity index (χ1n) is 6.25. The molecule has 0 aliphatic carbocycles. The van der Waals surface area contributed by atoms with Gasteiger partial charge in [0.05, 0.1) is 18.8 Å². The summed E-state index contributed by atoms with van der Waals surface area (Å²) in [6.07, 6.45) is 1.76. The average Bonchev–Trinajstić information content (AvgIpc) is 2.93. The van der Waals surface area contributed by atoms with Crippen LogP contribution in [0.15, 0.2) is 12.3 Å². The summed E-state index contributed by atoms with van der Waals surface area (Å²) in [5.41, 5.74) is 1.24. The molecule has 2 heterocycles. The van der Waals surface area contributed by atoms with Crippen LogP contribution in [0.1, 0.15) is 18.2 Å². The molecule has 0 spiro atoms. The molecular weight excluding hydrogens is 285 g/mol. The molecule has 0 bridgehead atoms. The number of nitrogens with one attached hydrogen (secondary N) is 1. The Kier molecular flexibility index (Phi) is 5.97. The number of hydrogen-bond donors (Lipinski definition) is 2. The molecule has 112 valence electrons. The van der Waals surface area contributed by atoms with E-state index in [0.29, 0.717) is 36.7 Å². The molecule has 0 radical (unpaired) electrons. The number of aryl methyl sites for hydroxylation is 2. The normalized spacial score (nSPS) is 10.4. The molecular formula is C12H19ClFN5O. The highest BCUT2D eigenvalue weighted by atomic mass is 35.5. The van der Waals surface area contributed by atoms with Gasteiger partial charge < -0.3 is 10.4 Å². The van der Waals surface area contributed by atoms with Crippen LogP contribution in [0.4, 0.5) is 10.2 Å². The van der Waals surface area contributed by atoms with Crippen LogP contribution in [0, 0.1) is 12.9 Å². The van der Waals surface area contributed by atoms with E-state index >= 15 is 0 Å². The molecule has 2 aromatic heterocycles. The van der Waals surface area contributed by atoms with E-state index in [1.165, 1.54) is 4.68 Å². The van der Waals surface area contributed by atoms with Crippen molar-refractivity contribution in [1.29, 1.82) is 0 Å². The number of hydrogen-bond acceptors (Lipinski definition) is 4. The van der Waals surface area contributed by atoms with Gasteiger partial charge in [0.15, 0.2) is 0 Å². The molecule has 0 saturated heterocycles. The molecule has 0 aliphatic heterocycles. The molecule has 0 aliphatic rings. The molecule has 6 nitrogen and oxygen atoms in total. The Morgan fingerprint density at radius 3 is 2.75 bits per heavy atom. The molecule has 2 rings (SSSR count). The number of halogens is 2. The van der Waals surface area contributed by atoms with Crippen molar-refractivity contribution in [3.63, 3.8) is 0 Å². The highest BCUT2D eigenvalue weighted by Gasteiger charge is 2.13. The van der Waals surface area contributed by atoms with Crippen LogP contribution < -0.4 is 5.32 Å². The molecule has 0 saturated carbocycles. The maximum absolute atomic E-state index is 13.9. The summed E-state index contributed by atoms with van der Waals surface area (Å²) in [6.45, 7) is 4.98. The molecule has 2 N–H and O–H groups in total. The first-order chi connectivity index (χ1) is 9.15. The van der Waals surface area contributed by atoms with Crippen LogP contribution in [0.2, 0.25) is 0 Å². The Bertz CT molecular complexity index is 554. The monoisotopic (exact) mass is 303 g/mol. The predicted molar refractivity (Wildman–Crippen MR) is 76.5 cm³/mol. The standard InChI is InChI=1S/C12H18FN5O.ClH/c1-3-18-12(13)10(9(2)15-18)8-14-11-4-5-17(16-11)6-7-19;/h4-5,19H,3,6-8H2,1-2H3,(H,14,16);1H. The quantitative estimate of drug-likeness (QED) is 0.850. The van der Waals surface area contributed by atoms with Gasteiger partial charge in [-0.2, -0.15) is 14.6 Å². The second kappa shape index (κ2) is 7.25. The van der Waals surface area contributed by atoms with E-state index in [4.69, 9.17) is 5.11 Å². The minimum atomic E-state index is -0.303. The summed E-state index contributed by atoms with van der Waals surface area (Å²) >= 11 is 0. The lowest BCUT2D eigenvalue weighted by Gasteiger charge is -2.02. The second-order valence-electron chi connectivity index (χ2n) is 4.21. The highest BCUT2D eigenvalue weighted by molar-refractivity contribution is 5.85. The summed E-state index contributed by atoms with van der Waals surface area (Å²) < 4.78 is 16.9. The molecule has 0 unspecified atom stereocenters. The molecule has 0 amide bonds. The van der Waals surface area contributed by atoms with Crippen molar-refractivity contribution in [1.82, 2.24) is 19.6 Å². The van der Waals surface area contributed by atoms with E-state index in [1.54, 1.807) is 23.9 Å². The maximum Gasteiger partial charge on any atom is 0.216 e.